The molecule has 0 bridgehead atoms. The minimum Gasteiger partial charge on any atom is -0.466 e. The number of aromatic nitrogens is 1. The smallest absolute Gasteiger partial charge is 0.330 e. The van der Waals surface area contributed by atoms with Gasteiger partial charge in [-0.2, -0.15) is 0 Å². The number of nitrogens with one attached hydrogen (secondary N) is 3. The Bertz CT molecular complexity index is 997. The van der Waals surface area contributed by atoms with Crippen molar-refractivity contribution < 1.29 is 23.9 Å². The number of allylic oxidation sites excluding steroid dienone is 1. The van der Waals surface area contributed by atoms with Gasteiger partial charge >= 0.3 is 5.97 Å². The molecule has 1 heterocycles. The number of hydrogen-bond acceptors (Lipinski definition) is 6. The second-order valence-corrected chi connectivity index (χ2v) is 8.51. The quantitative estimate of drug-likeness (QED) is 0.309. The molecule has 1 aliphatic rings. The van der Waals surface area contributed by atoms with E-state index >= 15 is 0 Å². The van der Waals surface area contributed by atoms with E-state index in [1.807, 2.05) is 0 Å². The standard InChI is InChI=1S/C24H34N4O6/c1-5-17(6-2)14-25-20(30)15-28-12-8-10-19(22(28)32)26-23(33)24(27-16(3)29)13-18(24)9-7-11-21(31)34-4/h7-8,10-12,17-18H,5-6,9,13-15H2,1-4H3,(H,25,30)(H,26,33)(H,27,29)/b11-7+/t18-,24?/m1/s1. The predicted molar refractivity (Wildman–Crippen MR) is 127 cm³/mol. The first-order valence-corrected chi connectivity index (χ1v) is 11.5. The topological polar surface area (TPSA) is 136 Å². The first-order chi connectivity index (χ1) is 16.2. The van der Waals surface area contributed by atoms with Crippen molar-refractivity contribution in [1.82, 2.24) is 15.2 Å². The Labute approximate surface area is 199 Å². The summed E-state index contributed by atoms with van der Waals surface area (Å²) in [6.07, 6.45) is 6.97. The molecule has 10 heteroatoms. The number of nitrogens with zero attached hydrogens (tertiary/aromatic N) is 1. The van der Waals surface area contributed by atoms with Crippen LogP contribution in [0.5, 0.6) is 0 Å². The van der Waals surface area contributed by atoms with Gasteiger partial charge in [-0.05, 0) is 36.8 Å². The van der Waals surface area contributed by atoms with E-state index in [0.29, 0.717) is 25.3 Å². The van der Waals surface area contributed by atoms with Crippen LogP contribution in [-0.2, 0) is 30.5 Å². The molecule has 2 rings (SSSR count). The molecule has 0 radical (unpaired) electrons. The highest BCUT2D eigenvalue weighted by Crippen LogP contribution is 2.47. The molecule has 3 amide bonds. The van der Waals surface area contributed by atoms with E-state index in [4.69, 9.17) is 0 Å². The van der Waals surface area contributed by atoms with Crippen LogP contribution in [0, 0.1) is 11.8 Å². The SMILES string of the molecule is CCC(CC)CNC(=O)Cn1cccc(NC(=O)C2(NC(C)=O)C[C@H]2C/C=C/C(=O)OC)c1=O. The van der Waals surface area contributed by atoms with Gasteiger partial charge in [-0.1, -0.05) is 32.8 Å². The maximum Gasteiger partial charge on any atom is 0.330 e. The minimum atomic E-state index is -1.17. The molecule has 0 spiro atoms. The number of carbonyl (C=O) groups excluding carboxylic acids is 4. The first-order valence-electron chi connectivity index (χ1n) is 11.5. The molecule has 0 aromatic carbocycles. The molecule has 1 unspecified atom stereocenters. The summed E-state index contributed by atoms with van der Waals surface area (Å²) in [5, 5.41) is 8.13. The van der Waals surface area contributed by atoms with E-state index in [9.17, 15) is 24.0 Å². The summed E-state index contributed by atoms with van der Waals surface area (Å²) >= 11 is 0. The van der Waals surface area contributed by atoms with E-state index in [1.165, 1.54) is 36.9 Å². The molecule has 2 atom stereocenters. The number of rotatable bonds is 12. The number of carbonyl (C=O) groups is 4. The number of hydrogen-bond donors (Lipinski definition) is 3. The van der Waals surface area contributed by atoms with Gasteiger partial charge in [0.15, 0.2) is 0 Å². The van der Waals surface area contributed by atoms with Crippen molar-refractivity contribution in [2.24, 2.45) is 11.8 Å². The molecular formula is C24H34N4O6. The highest BCUT2D eigenvalue weighted by atomic mass is 16.5. The number of methoxy groups -OCH3 is 1. The maximum absolute atomic E-state index is 13.1. The van der Waals surface area contributed by atoms with Gasteiger partial charge in [0, 0.05) is 25.7 Å². The highest BCUT2D eigenvalue weighted by molar-refractivity contribution is 6.03. The first kappa shape index (κ1) is 26.8. The maximum atomic E-state index is 13.1. The lowest BCUT2D eigenvalue weighted by Crippen LogP contribution is -2.47. The zero-order valence-corrected chi connectivity index (χ0v) is 20.2. The van der Waals surface area contributed by atoms with Crippen LogP contribution < -0.4 is 21.5 Å². The summed E-state index contributed by atoms with van der Waals surface area (Å²) in [6.45, 7) is 5.81. The van der Waals surface area contributed by atoms with Crippen molar-refractivity contribution in [2.45, 2.75) is 58.5 Å². The van der Waals surface area contributed by atoms with Crippen molar-refractivity contribution in [3.8, 4) is 0 Å². The Morgan fingerprint density at radius 3 is 2.59 bits per heavy atom. The molecule has 0 saturated heterocycles. The van der Waals surface area contributed by atoms with E-state index in [-0.39, 0.29) is 30.0 Å². The van der Waals surface area contributed by atoms with Crippen LogP contribution in [0.4, 0.5) is 5.69 Å². The van der Waals surface area contributed by atoms with Gasteiger partial charge in [-0.15, -0.1) is 0 Å². The van der Waals surface area contributed by atoms with Gasteiger partial charge in [0.05, 0.1) is 7.11 Å². The summed E-state index contributed by atoms with van der Waals surface area (Å²) in [6, 6.07) is 3.02. The van der Waals surface area contributed by atoms with Crippen LogP contribution >= 0.6 is 0 Å². The fraction of sp³-hybridized carbons (Fsp3) is 0.542. The van der Waals surface area contributed by atoms with E-state index < -0.39 is 23.0 Å². The Kier molecular flexibility index (Phi) is 9.58. The average Bonchev–Trinajstić information content (AvgIpc) is 3.49. The summed E-state index contributed by atoms with van der Waals surface area (Å²) < 4.78 is 5.77. The molecular weight excluding hydrogens is 440 g/mol. The second kappa shape index (κ2) is 12.2. The number of esters is 1. The lowest BCUT2D eigenvalue weighted by Gasteiger charge is -2.18. The normalized spacial score (nSPS) is 19.0. The summed E-state index contributed by atoms with van der Waals surface area (Å²) in [5.74, 6) is -1.55. The van der Waals surface area contributed by atoms with Crippen molar-refractivity contribution in [1.29, 1.82) is 0 Å². The fourth-order valence-corrected chi connectivity index (χ4v) is 3.85. The van der Waals surface area contributed by atoms with Crippen LogP contribution in [0.1, 0.15) is 46.5 Å². The minimum absolute atomic E-state index is 0.0146. The summed E-state index contributed by atoms with van der Waals surface area (Å²) in [7, 11) is 1.27. The number of ether oxygens (including phenoxy) is 1. The van der Waals surface area contributed by atoms with Crippen molar-refractivity contribution in [2.75, 3.05) is 19.0 Å². The van der Waals surface area contributed by atoms with Crippen LogP contribution in [0.15, 0.2) is 35.3 Å². The molecule has 1 aromatic heterocycles. The molecule has 34 heavy (non-hydrogen) atoms. The number of anilines is 1. The average molecular weight is 475 g/mol. The molecule has 0 aliphatic heterocycles. The van der Waals surface area contributed by atoms with E-state index in [1.54, 1.807) is 12.1 Å². The molecule has 3 N–H and O–H groups in total. The Balaban J connectivity index is 2.08. The Morgan fingerprint density at radius 2 is 1.97 bits per heavy atom. The highest BCUT2D eigenvalue weighted by Gasteiger charge is 2.60. The fourth-order valence-electron chi connectivity index (χ4n) is 3.85. The molecule has 1 aliphatic carbocycles. The monoisotopic (exact) mass is 474 g/mol. The Hall–Kier alpha value is -3.43. The molecule has 10 nitrogen and oxygen atoms in total. The lowest BCUT2D eigenvalue weighted by molar-refractivity contribution is -0.134. The van der Waals surface area contributed by atoms with Crippen molar-refractivity contribution in [3.63, 3.8) is 0 Å². The third-order valence-electron chi connectivity index (χ3n) is 6.11. The van der Waals surface area contributed by atoms with Gasteiger partial charge < -0.3 is 25.3 Å². The van der Waals surface area contributed by atoms with Crippen LogP contribution in [0.3, 0.4) is 0 Å². The lowest BCUT2D eigenvalue weighted by atomic mass is 10.0. The van der Waals surface area contributed by atoms with Gasteiger partial charge in [0.25, 0.3) is 11.5 Å². The zero-order valence-electron chi connectivity index (χ0n) is 20.2. The second-order valence-electron chi connectivity index (χ2n) is 8.51. The third kappa shape index (κ3) is 7.03. The van der Waals surface area contributed by atoms with Gasteiger partial charge in [0.2, 0.25) is 11.8 Å². The Morgan fingerprint density at radius 1 is 1.26 bits per heavy atom. The number of pyridine rings is 1. The van der Waals surface area contributed by atoms with Crippen LogP contribution in [-0.4, -0.2) is 47.5 Å². The summed E-state index contributed by atoms with van der Waals surface area (Å²) in [4.78, 5) is 61.2. The molecule has 186 valence electrons. The molecule has 1 fully saturated rings. The summed E-state index contributed by atoms with van der Waals surface area (Å²) in [5.41, 5.74) is -1.68. The van der Waals surface area contributed by atoms with Crippen LogP contribution in [0.2, 0.25) is 0 Å². The molecule has 1 saturated carbocycles. The van der Waals surface area contributed by atoms with Crippen molar-refractivity contribution >= 4 is 29.4 Å². The van der Waals surface area contributed by atoms with E-state index in [2.05, 4.69) is 34.5 Å². The van der Waals surface area contributed by atoms with Crippen molar-refractivity contribution in [3.05, 3.63) is 40.8 Å². The largest absolute Gasteiger partial charge is 0.466 e. The molecule has 1 aromatic rings. The zero-order chi connectivity index (χ0) is 25.3. The predicted octanol–water partition coefficient (Wildman–Crippen LogP) is 1.35. The third-order valence-corrected chi connectivity index (χ3v) is 6.11. The van der Waals surface area contributed by atoms with E-state index in [0.717, 1.165) is 12.8 Å². The number of amides is 3. The van der Waals surface area contributed by atoms with Crippen LogP contribution in [0.25, 0.3) is 0 Å². The van der Waals surface area contributed by atoms with Gasteiger partial charge in [0.1, 0.15) is 17.8 Å². The van der Waals surface area contributed by atoms with Gasteiger partial charge in [-0.3, -0.25) is 19.2 Å². The van der Waals surface area contributed by atoms with Gasteiger partial charge in [-0.25, -0.2) is 4.79 Å².